The first-order valence-corrected chi connectivity index (χ1v) is 41.9. The van der Waals surface area contributed by atoms with E-state index in [1.165, 1.54) is 45.0 Å². The van der Waals surface area contributed by atoms with Gasteiger partial charge in [0.2, 0.25) is 0 Å². The number of alkyl halides is 16. The van der Waals surface area contributed by atoms with E-state index in [1.807, 2.05) is 0 Å². The number of fused-ring (bicyclic) bond motifs is 1. The molecule has 135 heavy (non-hydrogen) atoms. The van der Waals surface area contributed by atoms with E-state index < -0.39 is 230 Å². The summed E-state index contributed by atoms with van der Waals surface area (Å²) in [5.74, 6) is -61.3. The molecule has 1 saturated heterocycles. The average Bonchev–Trinajstić information content (AvgIpc) is 1.65. The number of carboxylic acid groups (broad SMARTS) is 8. The normalized spacial score (nSPS) is 24.2. The number of Topliss-reactive ketones (excluding diaryl/α,β-unsaturated/α-hetero) is 1. The van der Waals surface area contributed by atoms with Crippen molar-refractivity contribution in [2.75, 3.05) is 52.9 Å². The van der Waals surface area contributed by atoms with Crippen molar-refractivity contribution in [3.05, 3.63) is 35.9 Å². The summed E-state index contributed by atoms with van der Waals surface area (Å²) >= 11 is 0. The summed E-state index contributed by atoms with van der Waals surface area (Å²) in [6.07, 6.45) is 17.8. The molecule has 0 radical (unpaired) electrons. The Morgan fingerprint density at radius 2 is 0.748 bits per heavy atom. The van der Waals surface area contributed by atoms with Gasteiger partial charge in [-0.1, -0.05) is 70.1 Å². The fraction of sp³-hybridized carbons (Fsp3) is 0.714. The largest absolute Gasteiger partial charge is 0.544 e. The molecule has 7 atom stereocenters. The van der Waals surface area contributed by atoms with Crippen molar-refractivity contribution in [1.82, 2.24) is 0 Å². The van der Waals surface area contributed by atoms with Crippen LogP contribution in [0.3, 0.4) is 0 Å². The van der Waals surface area contributed by atoms with Gasteiger partial charge in [-0.2, -0.15) is 70.2 Å². The van der Waals surface area contributed by atoms with Crippen LogP contribution in [0.25, 0.3) is 0 Å². The number of aliphatic carboxylic acids is 8. The van der Waals surface area contributed by atoms with E-state index in [0.717, 1.165) is 84.0 Å². The van der Waals surface area contributed by atoms with Crippen molar-refractivity contribution >= 4 is 107 Å². The van der Waals surface area contributed by atoms with Crippen LogP contribution in [-0.2, 0) is 124 Å². The second-order valence-electron chi connectivity index (χ2n) is 35.2. The van der Waals surface area contributed by atoms with E-state index in [2.05, 4.69) is 44.8 Å². The highest BCUT2D eigenvalue weighted by molar-refractivity contribution is 5.91. The van der Waals surface area contributed by atoms with Gasteiger partial charge in [-0.25, -0.2) is 4.79 Å². The Balaban J connectivity index is 0.000000325. The van der Waals surface area contributed by atoms with Gasteiger partial charge < -0.3 is 122 Å². The maximum absolute atomic E-state index is 12.9. The summed E-state index contributed by atoms with van der Waals surface area (Å²) < 4.78 is 240. The molecule has 0 aromatic heterocycles. The maximum atomic E-state index is 12.9. The van der Waals surface area contributed by atoms with Gasteiger partial charge in [-0.3, -0.25) is 43.2 Å². The Bertz CT molecular complexity index is 4320. The highest BCUT2D eigenvalue weighted by Gasteiger charge is 2.65. The van der Waals surface area contributed by atoms with E-state index >= 15 is 0 Å². The number of unbranched alkanes of at least 4 members (excludes halogenated alkanes) is 4. The Morgan fingerprint density at radius 1 is 0.400 bits per heavy atom. The van der Waals surface area contributed by atoms with Crippen molar-refractivity contribution in [3.63, 3.8) is 0 Å². The van der Waals surface area contributed by atoms with Crippen LogP contribution in [0.2, 0.25) is 0 Å². The molecule has 13 rings (SSSR count). The molecule has 7 unspecified atom stereocenters. The molecule has 51 heteroatoms. The number of halogens is 16. The minimum absolute atomic E-state index is 0.0346. The molecule has 1 heterocycles. The zero-order chi connectivity index (χ0) is 103. The molecule has 1 aromatic carbocycles. The van der Waals surface area contributed by atoms with Crippen LogP contribution in [0.15, 0.2) is 30.3 Å². The van der Waals surface area contributed by atoms with Crippen LogP contribution in [0.4, 0.5) is 70.2 Å². The highest BCUT2D eigenvalue weighted by atomic mass is 19.3. The van der Waals surface area contributed by atoms with E-state index in [1.54, 1.807) is 6.07 Å². The van der Waals surface area contributed by atoms with Crippen molar-refractivity contribution in [2.24, 2.45) is 81.3 Å². The zero-order valence-electron chi connectivity index (χ0n) is 72.8. The molecule has 11 saturated carbocycles. The van der Waals surface area contributed by atoms with E-state index in [0.29, 0.717) is 88.4 Å². The number of ketones is 1. The number of hydrogen-bond donors (Lipinski definition) is 0. The standard InChI is InChI=1S/C14H16F2O5.C14H18F2O4.C12H12F2O6.C11H18F2O4.C10H14F2O4.C10H8F2O4.C8H12F2O4.C5H6F2O4/c15-14(16,11(18)19)6-21-12(20)13-3-7-1-8(4-13)10(17)9(2-7)5-13;15-14(16,11(17)18)7-20-12(19)13-4-8-1-9(5-13)3-10(2-8)6-13;13-12(14,11(17)18)3-19-9(15)7-4-1-5-6(2-4)20-10(16)8(5)7;1-2-3-4-5-6-7-9(14)17-8-11(12,13)10(15)16;2*11-10(12,9(14)15)6-16-8(13)7-4-2-1-3-5-7;1-7(2,3)6(13)14-4-8(9,10)5(11)12;1-3(8)11-2-5(6,7)4(9)10/h7-9H,1-6H2,(H,18,19);8-10H,1-7H2,(H,17,18);4-8H,1-3H2,(H,17,18);2-8H2,1H3,(H,15,16);7H,1-6H2,(H,14,15);1-5H,6H2,(H,14,15);4H2,1-3H3,(H,11,12);2H2,1H3,(H,9,10)/p-8. The lowest BCUT2D eigenvalue weighted by Crippen LogP contribution is -2.55. The number of hydrogen-bond acceptors (Lipinski definition) is 35. The SMILES string of the molecule is CC(=O)OCC(F)(F)C(=O)[O-].CC(C)(C)C(=O)OCC(F)(F)C(=O)[O-].CCCCCCCC(=O)OCC(F)(F)C(=O)[O-].O=C(OCC(F)(F)C(=O)[O-])C1C2CC3OC(=O)C1C3C2.O=C(OCC(F)(F)C(=O)[O-])C1CCCCC1.O=C(OCC(F)(F)C(=O)[O-])c1ccccc1.O=C([O-])C(F)(F)COC(=O)C12CC3CC(CC(C3)C1)C2.O=C1C2CC3CC1CC(C(=O)OCC(F)(F)C(=O)[O-])(C3)C2. The van der Waals surface area contributed by atoms with Crippen LogP contribution >= 0.6 is 0 Å². The van der Waals surface area contributed by atoms with E-state index in [4.69, 9.17) is 4.74 Å². The first-order chi connectivity index (χ1) is 62.0. The number of carbonyl (C=O) groups excluding carboxylic acids is 18. The summed E-state index contributed by atoms with van der Waals surface area (Å²) in [6.45, 7) is -4.58. The van der Waals surface area contributed by atoms with Gasteiger partial charge in [0.15, 0.2) is 52.9 Å². The molecule has 0 amide bonds. The van der Waals surface area contributed by atoms with Crippen molar-refractivity contribution in [1.29, 1.82) is 0 Å². The molecule has 10 bridgehead atoms. The van der Waals surface area contributed by atoms with Gasteiger partial charge >= 0.3 is 101 Å². The summed E-state index contributed by atoms with van der Waals surface area (Å²) in [4.78, 5) is 194. The third-order valence-corrected chi connectivity index (χ3v) is 23.3. The Labute approximate surface area is 757 Å². The number of esters is 9. The molecule has 35 nitrogen and oxygen atoms in total. The average molecular weight is 1970 g/mol. The van der Waals surface area contributed by atoms with Crippen molar-refractivity contribution in [3.8, 4) is 0 Å². The summed E-state index contributed by atoms with van der Waals surface area (Å²) in [7, 11) is 0. The van der Waals surface area contributed by atoms with Crippen molar-refractivity contribution in [2.45, 2.75) is 242 Å². The van der Waals surface area contributed by atoms with E-state index in [9.17, 15) is 197 Å². The lowest BCUT2D eigenvalue weighted by molar-refractivity contribution is -0.332. The maximum Gasteiger partial charge on any atom is 0.338 e. The molecular weight excluding hydrogens is 1870 g/mol. The number of carboxylic acids is 8. The van der Waals surface area contributed by atoms with Crippen LogP contribution in [0.1, 0.15) is 199 Å². The molecule has 1 aliphatic heterocycles. The monoisotopic (exact) mass is 1970 g/mol. The molecular formula is C84H96F16O35-8. The second kappa shape index (κ2) is 48.5. The van der Waals surface area contributed by atoms with Gasteiger partial charge in [0.1, 0.15) is 59.6 Å². The number of rotatable bonds is 35. The predicted molar refractivity (Wildman–Crippen MR) is 393 cm³/mol. The summed E-state index contributed by atoms with van der Waals surface area (Å²) in [6, 6.07) is 7.40. The number of ether oxygens (including phenoxy) is 9. The molecule has 12 fully saturated rings. The number of benzene rings is 1. The van der Waals surface area contributed by atoms with Crippen molar-refractivity contribution < 1.29 is 240 Å². The molecule has 0 N–H and O–H groups in total. The van der Waals surface area contributed by atoms with Gasteiger partial charge in [-0.15, -0.1) is 0 Å². The first-order valence-electron chi connectivity index (χ1n) is 41.9. The Morgan fingerprint density at radius 3 is 1.13 bits per heavy atom. The topological polar surface area (TPSA) is 575 Å². The van der Waals surface area contributed by atoms with Crippen LogP contribution < -0.4 is 40.9 Å². The van der Waals surface area contributed by atoms with Gasteiger partial charge in [0.25, 0.3) is 0 Å². The number of carbonyl (C=O) groups is 18. The molecule has 12 aliphatic rings. The molecule has 762 valence electrons. The lowest BCUT2D eigenvalue weighted by atomic mass is 9.49. The predicted octanol–water partition coefficient (Wildman–Crippen LogP) is 1.45. The third kappa shape index (κ3) is 34.5. The first kappa shape index (κ1) is 116. The van der Waals surface area contributed by atoms with Crippen LogP contribution in [0.5, 0.6) is 0 Å². The highest BCUT2D eigenvalue weighted by Crippen LogP contribution is 2.62. The molecule has 1 aromatic rings. The Kier molecular flexibility index (Phi) is 41.7. The van der Waals surface area contributed by atoms with E-state index in [-0.39, 0.29) is 59.4 Å². The zero-order valence-corrected chi connectivity index (χ0v) is 72.8. The molecule has 0 spiro atoms. The van der Waals surface area contributed by atoms with Crippen LogP contribution in [0, 0.1) is 81.3 Å². The minimum Gasteiger partial charge on any atom is -0.544 e. The van der Waals surface area contributed by atoms with Gasteiger partial charge in [0.05, 0.1) is 39.6 Å². The third-order valence-electron chi connectivity index (χ3n) is 23.3. The Hall–Kier alpha value is -11.2. The smallest absolute Gasteiger partial charge is 0.338 e. The quantitative estimate of drug-likeness (QED) is 0.0401. The summed E-state index contributed by atoms with van der Waals surface area (Å²) in [5.41, 5.74) is -2.40. The van der Waals surface area contributed by atoms with Gasteiger partial charge in [-0.05, 0) is 165 Å². The lowest BCUT2D eigenvalue weighted by Gasteiger charge is -2.55. The molecule has 11 aliphatic carbocycles. The fourth-order valence-corrected chi connectivity index (χ4v) is 17.1. The fourth-order valence-electron chi connectivity index (χ4n) is 17.1. The van der Waals surface area contributed by atoms with Crippen LogP contribution in [-0.4, -0.2) is 214 Å². The summed E-state index contributed by atoms with van der Waals surface area (Å²) in [5, 5.41) is 79.8. The van der Waals surface area contributed by atoms with Gasteiger partial charge in [0, 0.05) is 31.1 Å². The minimum atomic E-state index is -4.23. The second-order valence-corrected chi connectivity index (χ2v) is 35.2.